The molecule has 1 rings (SSSR count). The molecule has 90 valence electrons. The first kappa shape index (κ1) is 13.1. The first-order valence-electron chi connectivity index (χ1n) is 5.47. The van der Waals surface area contributed by atoms with Crippen molar-refractivity contribution in [1.29, 1.82) is 0 Å². The van der Waals surface area contributed by atoms with E-state index in [1.54, 1.807) is 0 Å². The summed E-state index contributed by atoms with van der Waals surface area (Å²) in [6.45, 7) is 5.12. The van der Waals surface area contributed by atoms with Gasteiger partial charge in [-0.1, -0.05) is 13.8 Å². The zero-order valence-corrected chi connectivity index (χ0v) is 11.2. The molecule has 16 heavy (non-hydrogen) atoms. The van der Waals surface area contributed by atoms with Gasteiger partial charge in [0, 0.05) is 31.3 Å². The largest absolute Gasteiger partial charge is 0.373 e. The van der Waals surface area contributed by atoms with Gasteiger partial charge in [0.1, 0.15) is 17.5 Å². The van der Waals surface area contributed by atoms with Crippen LogP contribution in [0, 0.1) is 0 Å². The smallest absolute Gasteiger partial charge is 0.135 e. The molecule has 0 amide bonds. The Kier molecular flexibility index (Phi) is 5.38. The van der Waals surface area contributed by atoms with Gasteiger partial charge in [-0.2, -0.15) is 11.8 Å². The number of thioether (sulfide) groups is 1. The van der Waals surface area contributed by atoms with Crippen LogP contribution in [0.3, 0.4) is 0 Å². The van der Waals surface area contributed by atoms with E-state index < -0.39 is 0 Å². The Bertz CT molecular complexity index is 328. The molecule has 5 heteroatoms. The molecule has 0 saturated heterocycles. The second-order valence-electron chi connectivity index (χ2n) is 3.82. The maximum atomic E-state index is 4.48. The predicted octanol–water partition coefficient (Wildman–Crippen LogP) is 2.42. The number of nitrogens with zero attached hydrogens (tertiary/aromatic N) is 2. The van der Waals surface area contributed by atoms with E-state index in [1.165, 1.54) is 0 Å². The molecule has 4 nitrogen and oxygen atoms in total. The SMILES string of the molecule is CNc1cc(NCCSC)nc(C(C)C)n1. The molecule has 0 radical (unpaired) electrons. The average Bonchev–Trinajstić information content (AvgIpc) is 2.29. The highest BCUT2D eigenvalue weighted by atomic mass is 32.2. The zero-order valence-electron chi connectivity index (χ0n) is 10.4. The van der Waals surface area contributed by atoms with E-state index in [2.05, 4.69) is 40.7 Å². The van der Waals surface area contributed by atoms with Crippen molar-refractivity contribution in [1.82, 2.24) is 9.97 Å². The fraction of sp³-hybridized carbons (Fsp3) is 0.636. The number of hydrogen-bond donors (Lipinski definition) is 2. The third kappa shape index (κ3) is 3.89. The van der Waals surface area contributed by atoms with E-state index in [0.717, 1.165) is 29.8 Å². The van der Waals surface area contributed by atoms with E-state index in [0.29, 0.717) is 5.92 Å². The van der Waals surface area contributed by atoms with Gasteiger partial charge in [0.05, 0.1) is 0 Å². The highest BCUT2D eigenvalue weighted by Crippen LogP contribution is 2.16. The van der Waals surface area contributed by atoms with Crippen molar-refractivity contribution in [3.63, 3.8) is 0 Å². The van der Waals surface area contributed by atoms with Gasteiger partial charge >= 0.3 is 0 Å². The molecule has 0 fully saturated rings. The highest BCUT2D eigenvalue weighted by molar-refractivity contribution is 7.98. The zero-order chi connectivity index (χ0) is 12.0. The lowest BCUT2D eigenvalue weighted by Gasteiger charge is -2.11. The van der Waals surface area contributed by atoms with Crippen molar-refractivity contribution in [3.8, 4) is 0 Å². The van der Waals surface area contributed by atoms with Crippen LogP contribution in [0.15, 0.2) is 6.07 Å². The summed E-state index contributed by atoms with van der Waals surface area (Å²) in [6, 6.07) is 1.94. The van der Waals surface area contributed by atoms with Crippen molar-refractivity contribution in [2.75, 3.05) is 36.2 Å². The number of aromatic nitrogens is 2. The summed E-state index contributed by atoms with van der Waals surface area (Å²) in [5, 5.41) is 6.36. The van der Waals surface area contributed by atoms with E-state index in [1.807, 2.05) is 24.9 Å². The maximum absolute atomic E-state index is 4.48. The average molecular weight is 240 g/mol. The minimum atomic E-state index is 0.342. The number of hydrogen-bond acceptors (Lipinski definition) is 5. The molecule has 0 spiro atoms. The van der Waals surface area contributed by atoms with Crippen LogP contribution in [0.2, 0.25) is 0 Å². The fourth-order valence-corrected chi connectivity index (χ4v) is 1.53. The molecule has 1 aromatic heterocycles. The lowest BCUT2D eigenvalue weighted by Crippen LogP contribution is -2.09. The number of rotatable bonds is 6. The molecule has 0 aliphatic carbocycles. The van der Waals surface area contributed by atoms with Crippen molar-refractivity contribution in [2.45, 2.75) is 19.8 Å². The summed E-state index contributed by atoms with van der Waals surface area (Å²) in [5.74, 6) is 4.06. The van der Waals surface area contributed by atoms with Gasteiger partial charge in [-0.05, 0) is 6.26 Å². The van der Waals surface area contributed by atoms with E-state index in [-0.39, 0.29) is 0 Å². The molecule has 1 heterocycles. The van der Waals surface area contributed by atoms with Crippen LogP contribution in [-0.4, -0.2) is 35.6 Å². The first-order chi connectivity index (χ1) is 7.67. The van der Waals surface area contributed by atoms with Crippen LogP contribution in [0.4, 0.5) is 11.6 Å². The number of anilines is 2. The fourth-order valence-electron chi connectivity index (χ4n) is 1.22. The molecule has 0 aromatic carbocycles. The Morgan fingerprint density at radius 2 is 2.00 bits per heavy atom. The van der Waals surface area contributed by atoms with Crippen molar-refractivity contribution >= 4 is 23.4 Å². The topological polar surface area (TPSA) is 49.8 Å². The second kappa shape index (κ2) is 6.58. The minimum absolute atomic E-state index is 0.342. The Labute approximate surface area is 102 Å². The van der Waals surface area contributed by atoms with E-state index >= 15 is 0 Å². The van der Waals surface area contributed by atoms with Gasteiger partial charge in [0.15, 0.2) is 0 Å². The molecule has 0 aliphatic rings. The van der Waals surface area contributed by atoms with Crippen LogP contribution >= 0.6 is 11.8 Å². The molecular formula is C11H20N4S. The van der Waals surface area contributed by atoms with Crippen LogP contribution < -0.4 is 10.6 Å². The maximum Gasteiger partial charge on any atom is 0.135 e. The van der Waals surface area contributed by atoms with Crippen molar-refractivity contribution < 1.29 is 0 Å². The van der Waals surface area contributed by atoms with Crippen LogP contribution in [0.5, 0.6) is 0 Å². The van der Waals surface area contributed by atoms with Crippen LogP contribution in [0.1, 0.15) is 25.6 Å². The lowest BCUT2D eigenvalue weighted by molar-refractivity contribution is 0.776. The lowest BCUT2D eigenvalue weighted by atomic mass is 10.2. The summed E-state index contributed by atoms with van der Waals surface area (Å²) in [6.07, 6.45) is 2.10. The standard InChI is InChI=1S/C11H20N4S/c1-8(2)11-14-9(12-3)7-10(15-11)13-5-6-16-4/h7-8H,5-6H2,1-4H3,(H2,12,13,14,15). The van der Waals surface area contributed by atoms with E-state index in [9.17, 15) is 0 Å². The van der Waals surface area contributed by atoms with Gasteiger partial charge < -0.3 is 10.6 Å². The van der Waals surface area contributed by atoms with Gasteiger partial charge in [0.25, 0.3) is 0 Å². The molecular weight excluding hydrogens is 220 g/mol. The quantitative estimate of drug-likeness (QED) is 0.748. The summed E-state index contributed by atoms with van der Waals surface area (Å²) in [5.41, 5.74) is 0. The first-order valence-corrected chi connectivity index (χ1v) is 6.86. The van der Waals surface area contributed by atoms with Crippen molar-refractivity contribution in [3.05, 3.63) is 11.9 Å². The van der Waals surface area contributed by atoms with E-state index in [4.69, 9.17) is 0 Å². The van der Waals surface area contributed by atoms with Crippen LogP contribution in [-0.2, 0) is 0 Å². The summed E-state index contributed by atoms with van der Waals surface area (Å²) >= 11 is 1.82. The van der Waals surface area contributed by atoms with Crippen LogP contribution in [0.25, 0.3) is 0 Å². The molecule has 0 aliphatic heterocycles. The molecule has 2 N–H and O–H groups in total. The molecule has 1 aromatic rings. The second-order valence-corrected chi connectivity index (χ2v) is 4.81. The van der Waals surface area contributed by atoms with Gasteiger partial charge in [-0.3, -0.25) is 0 Å². The molecule has 0 bridgehead atoms. The number of nitrogens with one attached hydrogen (secondary N) is 2. The molecule has 0 atom stereocenters. The third-order valence-electron chi connectivity index (χ3n) is 2.13. The normalized spacial score (nSPS) is 10.6. The third-order valence-corrected chi connectivity index (χ3v) is 2.74. The minimum Gasteiger partial charge on any atom is -0.373 e. The Hall–Kier alpha value is -0.970. The summed E-state index contributed by atoms with van der Waals surface area (Å²) in [4.78, 5) is 8.89. The van der Waals surface area contributed by atoms with Gasteiger partial charge in [-0.25, -0.2) is 9.97 Å². The highest BCUT2D eigenvalue weighted by Gasteiger charge is 2.06. The van der Waals surface area contributed by atoms with Gasteiger partial charge in [-0.15, -0.1) is 0 Å². The molecule has 0 unspecified atom stereocenters. The molecule has 0 saturated carbocycles. The van der Waals surface area contributed by atoms with Crippen molar-refractivity contribution in [2.24, 2.45) is 0 Å². The summed E-state index contributed by atoms with van der Waals surface area (Å²) in [7, 11) is 1.87. The Balaban J connectivity index is 2.78. The Morgan fingerprint density at radius 1 is 1.31 bits per heavy atom. The predicted molar refractivity (Wildman–Crippen MR) is 72.5 cm³/mol. The summed E-state index contributed by atoms with van der Waals surface area (Å²) < 4.78 is 0. The monoisotopic (exact) mass is 240 g/mol. The Morgan fingerprint density at radius 3 is 2.56 bits per heavy atom. The van der Waals surface area contributed by atoms with Gasteiger partial charge in [0.2, 0.25) is 0 Å².